The summed E-state index contributed by atoms with van der Waals surface area (Å²) in [6.07, 6.45) is 8.77. The summed E-state index contributed by atoms with van der Waals surface area (Å²) in [6.45, 7) is 0. The first kappa shape index (κ1) is 30.6. The molecule has 1 aromatic heterocycles. The van der Waals surface area contributed by atoms with E-state index in [1.165, 1.54) is 77.1 Å². The molecule has 2 aliphatic rings. The lowest BCUT2D eigenvalue weighted by molar-refractivity contribution is 1.03. The molecular formula is C52H34N2. The van der Waals surface area contributed by atoms with Crippen LogP contribution in [0, 0.1) is 0 Å². The maximum Gasteiger partial charge on any atom is 0.0794 e. The Kier molecular flexibility index (Phi) is 6.96. The van der Waals surface area contributed by atoms with Gasteiger partial charge in [0.25, 0.3) is 0 Å². The summed E-state index contributed by atoms with van der Waals surface area (Å²) in [6, 6.07) is 62.1. The van der Waals surface area contributed by atoms with Gasteiger partial charge in [0.15, 0.2) is 0 Å². The minimum absolute atomic E-state index is 0.157. The fourth-order valence-electron chi connectivity index (χ4n) is 8.58. The number of rotatable bonds is 4. The van der Waals surface area contributed by atoms with Crippen LogP contribution in [0.4, 0.5) is 5.69 Å². The molecule has 0 amide bonds. The van der Waals surface area contributed by atoms with Crippen LogP contribution in [0.5, 0.6) is 0 Å². The van der Waals surface area contributed by atoms with E-state index >= 15 is 0 Å². The van der Waals surface area contributed by atoms with Crippen LogP contribution in [0.2, 0.25) is 0 Å². The lowest BCUT2D eigenvalue weighted by Crippen LogP contribution is -2.25. The fourth-order valence-corrected chi connectivity index (χ4v) is 8.58. The van der Waals surface area contributed by atoms with Crippen molar-refractivity contribution in [3.63, 3.8) is 0 Å². The van der Waals surface area contributed by atoms with E-state index in [0.717, 1.165) is 27.5 Å². The Balaban J connectivity index is 1.13. The summed E-state index contributed by atoms with van der Waals surface area (Å²) in [4.78, 5) is 5.47. The van der Waals surface area contributed by atoms with Gasteiger partial charge < -0.3 is 5.32 Å². The number of para-hydroxylation sites is 1. The quantitative estimate of drug-likeness (QED) is 0.186. The van der Waals surface area contributed by atoms with E-state index in [0.29, 0.717) is 0 Å². The Labute approximate surface area is 314 Å². The third kappa shape index (κ3) is 4.99. The number of pyridine rings is 1. The maximum absolute atomic E-state index is 5.47. The highest BCUT2D eigenvalue weighted by atomic mass is 14.9. The number of nitrogens with one attached hydrogen (secondary N) is 1. The van der Waals surface area contributed by atoms with Gasteiger partial charge >= 0.3 is 0 Å². The molecule has 9 aromatic rings. The number of hydrogen-bond donors (Lipinski definition) is 1. The van der Waals surface area contributed by atoms with Gasteiger partial charge in [-0.25, -0.2) is 4.98 Å². The largest absolute Gasteiger partial charge is 0.374 e. The third-order valence-electron chi connectivity index (χ3n) is 11.2. The van der Waals surface area contributed by atoms with Crippen LogP contribution in [0.15, 0.2) is 200 Å². The van der Waals surface area contributed by atoms with Crippen molar-refractivity contribution in [2.24, 2.45) is 0 Å². The zero-order valence-corrected chi connectivity index (χ0v) is 29.5. The number of anilines is 1. The van der Waals surface area contributed by atoms with E-state index in [9.17, 15) is 0 Å². The van der Waals surface area contributed by atoms with Crippen molar-refractivity contribution < 1.29 is 0 Å². The van der Waals surface area contributed by atoms with Gasteiger partial charge in [-0.2, -0.15) is 0 Å². The topological polar surface area (TPSA) is 24.9 Å². The summed E-state index contributed by atoms with van der Waals surface area (Å²) in [7, 11) is 0. The molecule has 11 rings (SSSR count). The highest BCUT2D eigenvalue weighted by Gasteiger charge is 2.26. The van der Waals surface area contributed by atoms with Crippen LogP contribution in [-0.4, -0.2) is 11.0 Å². The molecule has 0 bridgehead atoms. The Morgan fingerprint density at radius 1 is 0.426 bits per heavy atom. The first-order valence-electron chi connectivity index (χ1n) is 18.7. The highest BCUT2D eigenvalue weighted by Crippen LogP contribution is 2.43. The molecule has 54 heavy (non-hydrogen) atoms. The number of allylic oxidation sites excluding steroid dienone is 2. The molecule has 2 nitrogen and oxygen atoms in total. The molecular weight excluding hydrogens is 653 g/mol. The first-order chi connectivity index (χ1) is 26.7. The van der Waals surface area contributed by atoms with E-state index in [1.807, 2.05) is 0 Å². The standard InChI is InChI=1S/C52H34N2/c1-3-13-37-29-39(27-21-33(37)11-1)46-32-50(40-28-22-34-12-2-4-14-38(34)30-40)54-52-42-16-6-5-15-41(42)45(31-47(46)52)35-23-25-36(26-24-35)51-43-17-7-9-19-48(43)53-49-20-10-8-18-44(49)51/h1-32,48,53H. The van der Waals surface area contributed by atoms with E-state index in [1.54, 1.807) is 0 Å². The smallest absolute Gasteiger partial charge is 0.0794 e. The number of aromatic nitrogens is 1. The lowest BCUT2D eigenvalue weighted by Gasteiger charge is -2.31. The average Bonchev–Trinajstić information content (AvgIpc) is 3.24. The van der Waals surface area contributed by atoms with Gasteiger partial charge in [0.2, 0.25) is 0 Å². The minimum atomic E-state index is 0.157. The molecule has 0 radical (unpaired) electrons. The summed E-state index contributed by atoms with van der Waals surface area (Å²) in [5.74, 6) is 0. The Bertz CT molecular complexity index is 3070. The molecule has 252 valence electrons. The second kappa shape index (κ2) is 12.3. The van der Waals surface area contributed by atoms with Gasteiger partial charge in [-0.3, -0.25) is 0 Å². The van der Waals surface area contributed by atoms with Crippen LogP contribution in [0.25, 0.3) is 82.3 Å². The first-order valence-corrected chi connectivity index (χ1v) is 18.7. The molecule has 0 saturated carbocycles. The number of fused-ring (bicyclic) bond motifs is 7. The van der Waals surface area contributed by atoms with E-state index in [2.05, 4.69) is 199 Å². The Morgan fingerprint density at radius 2 is 1.04 bits per heavy atom. The molecule has 8 aromatic carbocycles. The van der Waals surface area contributed by atoms with Crippen molar-refractivity contribution in [2.45, 2.75) is 6.04 Å². The van der Waals surface area contributed by atoms with Crippen LogP contribution in [0.1, 0.15) is 11.1 Å². The summed E-state index contributed by atoms with van der Waals surface area (Å²) in [5, 5.41) is 12.1. The predicted molar refractivity (Wildman–Crippen MR) is 229 cm³/mol. The molecule has 0 saturated heterocycles. The van der Waals surface area contributed by atoms with Crippen molar-refractivity contribution in [1.29, 1.82) is 0 Å². The van der Waals surface area contributed by atoms with Gasteiger partial charge in [-0.15, -0.1) is 0 Å². The maximum atomic E-state index is 5.47. The lowest BCUT2D eigenvalue weighted by atomic mass is 9.83. The molecule has 0 fully saturated rings. The molecule has 1 aliphatic heterocycles. The van der Waals surface area contributed by atoms with Crippen molar-refractivity contribution in [3.05, 3.63) is 211 Å². The molecule has 0 spiro atoms. The molecule has 1 atom stereocenters. The van der Waals surface area contributed by atoms with Gasteiger partial charge in [-0.1, -0.05) is 164 Å². The molecule has 2 heterocycles. The Morgan fingerprint density at radius 3 is 1.83 bits per heavy atom. The van der Waals surface area contributed by atoms with Gasteiger partial charge in [-0.05, 0) is 96.2 Å². The van der Waals surface area contributed by atoms with Gasteiger partial charge in [0, 0.05) is 27.6 Å². The highest BCUT2D eigenvalue weighted by molar-refractivity contribution is 6.16. The van der Waals surface area contributed by atoms with Crippen LogP contribution >= 0.6 is 0 Å². The molecule has 2 heteroatoms. The summed E-state index contributed by atoms with van der Waals surface area (Å²) in [5.41, 5.74) is 14.1. The predicted octanol–water partition coefficient (Wildman–Crippen LogP) is 13.4. The summed E-state index contributed by atoms with van der Waals surface area (Å²) >= 11 is 0. The van der Waals surface area contributed by atoms with E-state index in [4.69, 9.17) is 4.98 Å². The number of benzene rings is 8. The van der Waals surface area contributed by atoms with Gasteiger partial charge in [0.1, 0.15) is 0 Å². The van der Waals surface area contributed by atoms with E-state index in [-0.39, 0.29) is 6.04 Å². The monoisotopic (exact) mass is 686 g/mol. The second-order valence-electron chi connectivity index (χ2n) is 14.4. The minimum Gasteiger partial charge on any atom is -0.374 e. The number of nitrogens with zero attached hydrogens (tertiary/aromatic N) is 1. The third-order valence-corrected chi connectivity index (χ3v) is 11.2. The Hall–Kier alpha value is -7.03. The van der Waals surface area contributed by atoms with Crippen LogP contribution in [0.3, 0.4) is 0 Å². The summed E-state index contributed by atoms with van der Waals surface area (Å²) < 4.78 is 0. The average molecular weight is 687 g/mol. The van der Waals surface area contributed by atoms with Crippen molar-refractivity contribution >= 4 is 54.5 Å². The molecule has 1 unspecified atom stereocenters. The van der Waals surface area contributed by atoms with Crippen molar-refractivity contribution in [2.75, 3.05) is 5.32 Å². The number of hydrogen-bond acceptors (Lipinski definition) is 2. The van der Waals surface area contributed by atoms with E-state index < -0.39 is 0 Å². The zero-order chi connectivity index (χ0) is 35.6. The van der Waals surface area contributed by atoms with Crippen molar-refractivity contribution in [3.8, 4) is 33.5 Å². The normalized spacial score (nSPS) is 14.8. The SMILES string of the molecule is C1=CC2=C(c3ccc(-c4cc5c(-c6ccc7ccccc7c6)cc(-c6ccc7ccccc7c6)nc5c5ccccc45)cc3)c3ccccc3NC2C=C1. The molecule has 1 N–H and O–H groups in total. The molecule has 1 aliphatic carbocycles. The van der Waals surface area contributed by atoms with Gasteiger partial charge in [0.05, 0.1) is 17.3 Å². The fraction of sp³-hybridized carbons (Fsp3) is 0.0192. The van der Waals surface area contributed by atoms with Crippen molar-refractivity contribution in [1.82, 2.24) is 4.98 Å². The van der Waals surface area contributed by atoms with Crippen LogP contribution in [-0.2, 0) is 0 Å². The second-order valence-corrected chi connectivity index (χ2v) is 14.4. The zero-order valence-electron chi connectivity index (χ0n) is 29.5. The van der Waals surface area contributed by atoms with Crippen LogP contribution < -0.4 is 5.32 Å².